The summed E-state index contributed by atoms with van der Waals surface area (Å²) in [5.41, 5.74) is 2.97. The molecule has 180 valence electrons. The molecule has 2 amide bonds. The molecule has 0 saturated heterocycles. The molecule has 0 N–H and O–H groups in total. The molecule has 0 aliphatic heterocycles. The Labute approximate surface area is 206 Å². The van der Waals surface area contributed by atoms with Crippen molar-refractivity contribution in [3.63, 3.8) is 0 Å². The van der Waals surface area contributed by atoms with E-state index >= 15 is 0 Å². The lowest BCUT2D eigenvalue weighted by Gasteiger charge is -2.30. The van der Waals surface area contributed by atoms with E-state index in [4.69, 9.17) is 0 Å². The van der Waals surface area contributed by atoms with E-state index in [1.54, 1.807) is 33.3 Å². The van der Waals surface area contributed by atoms with Gasteiger partial charge in [-0.25, -0.2) is 4.39 Å². The molecule has 0 saturated carbocycles. The van der Waals surface area contributed by atoms with Crippen LogP contribution in [-0.2, 0) is 22.7 Å². The van der Waals surface area contributed by atoms with Gasteiger partial charge in [0, 0.05) is 18.0 Å². The molecule has 34 heavy (non-hydrogen) atoms. The van der Waals surface area contributed by atoms with Gasteiger partial charge < -0.3 is 9.80 Å². The molecule has 0 spiro atoms. The van der Waals surface area contributed by atoms with Crippen molar-refractivity contribution in [2.45, 2.75) is 52.6 Å². The van der Waals surface area contributed by atoms with Crippen molar-refractivity contribution in [2.24, 2.45) is 0 Å². The van der Waals surface area contributed by atoms with Crippen LogP contribution in [-0.4, -0.2) is 34.7 Å². The molecule has 1 atom stereocenters. The number of thiophene rings is 1. The molecular weight excluding hydrogens is 447 g/mol. The Morgan fingerprint density at radius 1 is 0.941 bits per heavy atom. The molecule has 2 aromatic carbocycles. The van der Waals surface area contributed by atoms with E-state index in [0.29, 0.717) is 26.1 Å². The molecular formula is C28H33FN2O2S. The maximum absolute atomic E-state index is 13.6. The van der Waals surface area contributed by atoms with E-state index in [-0.39, 0.29) is 30.1 Å². The van der Waals surface area contributed by atoms with E-state index in [1.807, 2.05) is 62.5 Å². The molecule has 0 bridgehead atoms. The number of carbonyl (C=O) groups is 2. The largest absolute Gasteiger partial charge is 0.333 e. The van der Waals surface area contributed by atoms with Crippen LogP contribution in [0.15, 0.2) is 66.0 Å². The van der Waals surface area contributed by atoms with E-state index in [0.717, 1.165) is 28.0 Å². The first-order valence-corrected chi connectivity index (χ1v) is 12.7. The minimum absolute atomic E-state index is 0.0158. The van der Waals surface area contributed by atoms with Gasteiger partial charge in [0.2, 0.25) is 11.8 Å². The van der Waals surface area contributed by atoms with Gasteiger partial charge in [-0.2, -0.15) is 0 Å². The molecule has 0 radical (unpaired) electrons. The number of benzene rings is 2. The Kier molecular flexibility index (Phi) is 9.40. The second kappa shape index (κ2) is 12.5. The fourth-order valence-corrected chi connectivity index (χ4v) is 4.96. The topological polar surface area (TPSA) is 40.6 Å². The van der Waals surface area contributed by atoms with Crippen molar-refractivity contribution in [1.29, 1.82) is 0 Å². The van der Waals surface area contributed by atoms with Crippen LogP contribution in [0.3, 0.4) is 0 Å². The minimum Gasteiger partial charge on any atom is -0.333 e. The van der Waals surface area contributed by atoms with E-state index in [9.17, 15) is 14.0 Å². The zero-order valence-corrected chi connectivity index (χ0v) is 21.0. The fourth-order valence-electron chi connectivity index (χ4n) is 4.04. The van der Waals surface area contributed by atoms with Crippen LogP contribution in [0, 0.1) is 12.7 Å². The number of carbonyl (C=O) groups excluding carboxylic acids is 2. The normalized spacial score (nSPS) is 11.8. The molecule has 1 aromatic heterocycles. The lowest BCUT2D eigenvalue weighted by Crippen LogP contribution is -2.44. The van der Waals surface area contributed by atoms with Crippen LogP contribution < -0.4 is 0 Å². The number of hydrogen-bond acceptors (Lipinski definition) is 3. The summed E-state index contributed by atoms with van der Waals surface area (Å²) in [5.74, 6) is -0.702. The first-order chi connectivity index (χ1) is 16.4. The molecule has 4 nitrogen and oxygen atoms in total. The van der Waals surface area contributed by atoms with Gasteiger partial charge in [-0.15, -0.1) is 11.3 Å². The second-order valence-electron chi connectivity index (χ2n) is 8.53. The van der Waals surface area contributed by atoms with Crippen LogP contribution in [0.4, 0.5) is 4.39 Å². The van der Waals surface area contributed by atoms with Crippen LogP contribution in [0.2, 0.25) is 0 Å². The van der Waals surface area contributed by atoms with Gasteiger partial charge in [0.15, 0.2) is 0 Å². The summed E-state index contributed by atoms with van der Waals surface area (Å²) in [5, 5.41) is 2.02. The van der Waals surface area contributed by atoms with E-state index < -0.39 is 0 Å². The molecule has 0 aliphatic carbocycles. The highest BCUT2D eigenvalue weighted by Crippen LogP contribution is 2.23. The standard InChI is InChI=1S/C28H33FN2O2S/c1-4-16-30(28(33)25(5-2)23-9-7-6-8-10-23)20-27(32)31(19-26-21(3)15-17-34-26)18-22-11-13-24(29)14-12-22/h6-15,17,25H,4-5,16,18-20H2,1-3H3. The lowest BCUT2D eigenvalue weighted by atomic mass is 9.95. The Balaban J connectivity index is 1.81. The van der Waals surface area contributed by atoms with Gasteiger partial charge >= 0.3 is 0 Å². The predicted molar refractivity (Wildman–Crippen MR) is 136 cm³/mol. The summed E-state index contributed by atoms with van der Waals surface area (Å²) in [7, 11) is 0. The third-order valence-corrected chi connectivity index (χ3v) is 6.99. The smallest absolute Gasteiger partial charge is 0.242 e. The monoisotopic (exact) mass is 480 g/mol. The van der Waals surface area contributed by atoms with Crippen LogP contribution in [0.1, 0.15) is 54.2 Å². The summed E-state index contributed by atoms with van der Waals surface area (Å²) in [4.78, 5) is 31.6. The number of rotatable bonds is 11. The van der Waals surface area contributed by atoms with Crippen LogP contribution >= 0.6 is 11.3 Å². The highest BCUT2D eigenvalue weighted by atomic mass is 32.1. The molecule has 3 rings (SSSR count). The Morgan fingerprint density at radius 3 is 2.24 bits per heavy atom. The zero-order chi connectivity index (χ0) is 24.5. The highest BCUT2D eigenvalue weighted by Gasteiger charge is 2.27. The molecule has 3 aromatic rings. The van der Waals surface area contributed by atoms with Gasteiger partial charge in [-0.1, -0.05) is 56.3 Å². The summed E-state index contributed by atoms with van der Waals surface area (Å²) >= 11 is 1.62. The molecule has 1 heterocycles. The zero-order valence-electron chi connectivity index (χ0n) is 20.2. The first kappa shape index (κ1) is 25.6. The maximum atomic E-state index is 13.6. The number of nitrogens with zero attached hydrogens (tertiary/aromatic N) is 2. The number of amides is 2. The summed E-state index contributed by atoms with van der Waals surface area (Å²) in [6.45, 7) is 7.43. The number of aryl methyl sites for hydroxylation is 1. The fraction of sp³-hybridized carbons (Fsp3) is 0.357. The minimum atomic E-state index is -0.304. The van der Waals surface area contributed by atoms with Gasteiger partial charge in [0.1, 0.15) is 5.82 Å². The van der Waals surface area contributed by atoms with E-state index in [2.05, 4.69) is 0 Å². The third-order valence-electron chi connectivity index (χ3n) is 5.98. The van der Waals surface area contributed by atoms with Crippen molar-refractivity contribution in [3.05, 3.63) is 93.4 Å². The van der Waals surface area contributed by atoms with Crippen LogP contribution in [0.5, 0.6) is 0 Å². The Bertz CT molecular complexity index is 1070. The van der Waals surface area contributed by atoms with Gasteiger partial charge in [0.05, 0.1) is 19.0 Å². The quantitative estimate of drug-likeness (QED) is 0.330. The van der Waals surface area contributed by atoms with Crippen molar-refractivity contribution in [3.8, 4) is 0 Å². The molecule has 1 unspecified atom stereocenters. The van der Waals surface area contributed by atoms with Crippen molar-refractivity contribution >= 4 is 23.2 Å². The van der Waals surface area contributed by atoms with Crippen molar-refractivity contribution in [2.75, 3.05) is 13.1 Å². The summed E-state index contributed by atoms with van der Waals surface area (Å²) in [6, 6.07) is 18.0. The molecule has 0 fully saturated rings. The molecule has 6 heteroatoms. The Hall–Kier alpha value is -2.99. The Morgan fingerprint density at radius 2 is 1.65 bits per heavy atom. The van der Waals surface area contributed by atoms with Crippen LogP contribution in [0.25, 0.3) is 0 Å². The average Bonchev–Trinajstić information content (AvgIpc) is 3.25. The van der Waals surface area contributed by atoms with Crippen molar-refractivity contribution < 1.29 is 14.0 Å². The third kappa shape index (κ3) is 6.76. The number of hydrogen-bond donors (Lipinski definition) is 0. The SMILES string of the molecule is CCCN(CC(=O)N(Cc1ccc(F)cc1)Cc1sccc1C)C(=O)C(CC)c1ccccc1. The van der Waals surface area contributed by atoms with E-state index in [1.165, 1.54) is 12.1 Å². The molecule has 0 aliphatic rings. The summed E-state index contributed by atoms with van der Waals surface area (Å²) in [6.07, 6.45) is 1.44. The second-order valence-corrected chi connectivity index (χ2v) is 9.54. The maximum Gasteiger partial charge on any atom is 0.242 e. The first-order valence-electron chi connectivity index (χ1n) is 11.8. The van der Waals surface area contributed by atoms with Gasteiger partial charge in [-0.05, 0) is 60.0 Å². The number of halogens is 1. The predicted octanol–water partition coefficient (Wildman–Crippen LogP) is 6.16. The van der Waals surface area contributed by atoms with Crippen molar-refractivity contribution in [1.82, 2.24) is 9.80 Å². The summed E-state index contributed by atoms with van der Waals surface area (Å²) < 4.78 is 13.4. The highest BCUT2D eigenvalue weighted by molar-refractivity contribution is 7.10. The van der Waals surface area contributed by atoms with Gasteiger partial charge in [0.25, 0.3) is 0 Å². The van der Waals surface area contributed by atoms with Gasteiger partial charge in [-0.3, -0.25) is 9.59 Å². The lowest BCUT2D eigenvalue weighted by molar-refractivity contribution is -0.142. The average molecular weight is 481 g/mol.